The topological polar surface area (TPSA) is 51.2 Å². The van der Waals surface area contributed by atoms with Crippen LogP contribution in [0.15, 0.2) is 30.3 Å². The van der Waals surface area contributed by atoms with Gasteiger partial charge in [-0.05, 0) is 18.4 Å². The molecule has 0 unspecified atom stereocenters. The minimum Gasteiger partial charge on any atom is -0.390 e. The second kappa shape index (κ2) is 9.19. The van der Waals surface area contributed by atoms with Crippen LogP contribution in [0.1, 0.15) is 37.7 Å². The zero-order chi connectivity index (χ0) is 16.6. The molecule has 2 aliphatic heterocycles. The molecule has 4 atom stereocenters. The molecule has 2 heterocycles. The zero-order valence-corrected chi connectivity index (χ0v) is 14.0. The van der Waals surface area contributed by atoms with Crippen LogP contribution in [0.3, 0.4) is 0 Å². The molecule has 2 fully saturated rings. The normalized spacial score (nSPS) is 28.4. The molecule has 1 aromatic carbocycles. The molecular weight excluding hydrogens is 304 g/mol. The predicted molar refractivity (Wildman–Crippen MR) is 91.4 cm³/mol. The maximum atomic E-state index is 9.96. The fourth-order valence-corrected chi connectivity index (χ4v) is 2.90. The monoisotopic (exact) mass is 330 g/mol. The minimum atomic E-state index is -0.403. The van der Waals surface area contributed by atoms with Crippen LogP contribution in [-0.2, 0) is 20.8 Å². The summed E-state index contributed by atoms with van der Waals surface area (Å²) in [5, 5.41) is 9.96. The molecular formula is C20H26O4. The summed E-state index contributed by atoms with van der Waals surface area (Å²) in [7, 11) is 0. The summed E-state index contributed by atoms with van der Waals surface area (Å²) < 4.78 is 16.7. The Labute approximate surface area is 144 Å². The number of epoxide rings is 1. The van der Waals surface area contributed by atoms with Gasteiger partial charge < -0.3 is 19.3 Å². The lowest BCUT2D eigenvalue weighted by molar-refractivity contribution is 0.00442. The number of rotatable bonds is 8. The molecule has 0 spiro atoms. The van der Waals surface area contributed by atoms with Crippen LogP contribution in [0, 0.1) is 11.8 Å². The quantitative estimate of drug-likeness (QED) is 0.452. The number of hydrogen-bond donors (Lipinski definition) is 1. The van der Waals surface area contributed by atoms with Crippen molar-refractivity contribution in [3.8, 4) is 11.8 Å². The van der Waals surface area contributed by atoms with Crippen molar-refractivity contribution in [2.24, 2.45) is 0 Å². The zero-order valence-electron chi connectivity index (χ0n) is 14.0. The number of ether oxygens (including phenoxy) is 3. The second-order valence-electron chi connectivity index (χ2n) is 6.44. The molecule has 4 heteroatoms. The molecule has 0 bridgehead atoms. The number of unbranched alkanes of at least 4 members (excludes halogenated alkanes) is 2. The number of benzene rings is 1. The molecule has 130 valence electrons. The molecule has 2 aliphatic rings. The van der Waals surface area contributed by atoms with Gasteiger partial charge in [-0.15, -0.1) is 11.8 Å². The molecule has 0 aromatic heterocycles. The van der Waals surface area contributed by atoms with Crippen molar-refractivity contribution in [3.05, 3.63) is 35.9 Å². The van der Waals surface area contributed by atoms with Crippen molar-refractivity contribution in [1.29, 1.82) is 0 Å². The van der Waals surface area contributed by atoms with Gasteiger partial charge in [0, 0.05) is 25.9 Å². The van der Waals surface area contributed by atoms with Gasteiger partial charge in [0.25, 0.3) is 0 Å². The maximum absolute atomic E-state index is 9.96. The highest BCUT2D eigenvalue weighted by Crippen LogP contribution is 2.30. The standard InChI is InChI=1S/C20H26O4/c21-17-13-19(20-15-23-20)24-18(17)11-7-2-1-3-8-12-22-14-16-9-5-4-6-10-16/h4-6,9-10,17-21H,1,3,8,11-15H2/t17-,18-,19-,20-/m0/s1. The van der Waals surface area contributed by atoms with Crippen molar-refractivity contribution in [2.45, 2.75) is 63.1 Å². The Morgan fingerprint density at radius 3 is 2.75 bits per heavy atom. The maximum Gasteiger partial charge on any atom is 0.107 e. The molecule has 0 saturated carbocycles. The highest BCUT2D eigenvalue weighted by molar-refractivity contribution is 5.13. The van der Waals surface area contributed by atoms with Crippen molar-refractivity contribution >= 4 is 0 Å². The van der Waals surface area contributed by atoms with Crippen LogP contribution in [0.2, 0.25) is 0 Å². The van der Waals surface area contributed by atoms with Gasteiger partial charge in [-0.1, -0.05) is 30.3 Å². The summed E-state index contributed by atoms with van der Waals surface area (Å²) in [6, 6.07) is 10.2. The van der Waals surface area contributed by atoms with Crippen LogP contribution in [0.25, 0.3) is 0 Å². The highest BCUT2D eigenvalue weighted by Gasteiger charge is 2.43. The number of hydrogen-bond acceptors (Lipinski definition) is 4. The summed E-state index contributed by atoms with van der Waals surface area (Å²) >= 11 is 0. The fraction of sp³-hybridized carbons (Fsp3) is 0.600. The summed E-state index contributed by atoms with van der Waals surface area (Å²) in [5.41, 5.74) is 1.21. The third kappa shape index (κ3) is 5.61. The van der Waals surface area contributed by atoms with E-state index in [4.69, 9.17) is 14.2 Å². The molecule has 1 N–H and O–H groups in total. The minimum absolute atomic E-state index is 0.0635. The molecule has 24 heavy (non-hydrogen) atoms. The van der Waals surface area contributed by atoms with E-state index in [0.29, 0.717) is 19.4 Å². The lowest BCUT2D eigenvalue weighted by Crippen LogP contribution is -2.20. The smallest absolute Gasteiger partial charge is 0.107 e. The van der Waals surface area contributed by atoms with Crippen molar-refractivity contribution in [2.75, 3.05) is 13.2 Å². The number of aliphatic hydroxyl groups excluding tert-OH is 1. The van der Waals surface area contributed by atoms with Gasteiger partial charge in [-0.25, -0.2) is 0 Å². The third-order valence-corrected chi connectivity index (χ3v) is 4.41. The molecule has 1 aromatic rings. The average Bonchev–Trinajstić information content (AvgIpc) is 3.38. The largest absolute Gasteiger partial charge is 0.390 e. The molecule has 4 nitrogen and oxygen atoms in total. The van der Waals surface area contributed by atoms with E-state index in [0.717, 1.165) is 32.5 Å². The number of aliphatic hydroxyl groups is 1. The first-order valence-corrected chi connectivity index (χ1v) is 8.85. The van der Waals surface area contributed by atoms with Gasteiger partial charge in [-0.2, -0.15) is 0 Å². The Morgan fingerprint density at radius 1 is 1.12 bits per heavy atom. The highest BCUT2D eigenvalue weighted by atomic mass is 16.6. The van der Waals surface area contributed by atoms with Gasteiger partial charge in [0.1, 0.15) is 6.10 Å². The van der Waals surface area contributed by atoms with E-state index in [-0.39, 0.29) is 18.3 Å². The van der Waals surface area contributed by atoms with Crippen LogP contribution in [0.5, 0.6) is 0 Å². The van der Waals surface area contributed by atoms with Crippen LogP contribution in [0.4, 0.5) is 0 Å². The third-order valence-electron chi connectivity index (χ3n) is 4.41. The Balaban J connectivity index is 1.21. The molecule has 3 rings (SSSR count). The molecule has 0 amide bonds. The van der Waals surface area contributed by atoms with E-state index in [1.807, 2.05) is 18.2 Å². The Morgan fingerprint density at radius 2 is 1.96 bits per heavy atom. The van der Waals surface area contributed by atoms with Crippen molar-refractivity contribution in [3.63, 3.8) is 0 Å². The fourth-order valence-electron chi connectivity index (χ4n) is 2.90. The first kappa shape index (κ1) is 17.4. The van der Waals surface area contributed by atoms with Crippen molar-refractivity contribution < 1.29 is 19.3 Å². The molecule has 2 saturated heterocycles. The lowest BCUT2D eigenvalue weighted by Gasteiger charge is -2.10. The Kier molecular flexibility index (Phi) is 6.68. The summed E-state index contributed by atoms with van der Waals surface area (Å²) in [4.78, 5) is 0. The van der Waals surface area contributed by atoms with E-state index in [2.05, 4.69) is 24.0 Å². The van der Waals surface area contributed by atoms with Gasteiger partial charge in [-0.3, -0.25) is 0 Å². The first-order valence-electron chi connectivity index (χ1n) is 8.85. The Hall–Kier alpha value is -1.38. The van der Waals surface area contributed by atoms with Crippen LogP contribution < -0.4 is 0 Å². The summed E-state index contributed by atoms with van der Waals surface area (Å²) in [6.45, 7) is 2.21. The average molecular weight is 330 g/mol. The van der Waals surface area contributed by atoms with Gasteiger partial charge in [0.15, 0.2) is 0 Å². The van der Waals surface area contributed by atoms with Crippen LogP contribution >= 0.6 is 0 Å². The van der Waals surface area contributed by atoms with Gasteiger partial charge in [0.05, 0.1) is 31.5 Å². The van der Waals surface area contributed by atoms with E-state index >= 15 is 0 Å². The van der Waals surface area contributed by atoms with Gasteiger partial charge >= 0.3 is 0 Å². The second-order valence-corrected chi connectivity index (χ2v) is 6.44. The van der Waals surface area contributed by atoms with E-state index < -0.39 is 6.10 Å². The molecule has 0 radical (unpaired) electrons. The van der Waals surface area contributed by atoms with Crippen molar-refractivity contribution in [1.82, 2.24) is 0 Å². The first-order chi connectivity index (χ1) is 11.8. The predicted octanol–water partition coefficient (Wildman–Crippen LogP) is 2.68. The van der Waals surface area contributed by atoms with E-state index in [1.165, 1.54) is 5.56 Å². The lowest BCUT2D eigenvalue weighted by atomic mass is 10.1. The van der Waals surface area contributed by atoms with Gasteiger partial charge in [0.2, 0.25) is 0 Å². The van der Waals surface area contributed by atoms with Crippen LogP contribution in [-0.4, -0.2) is 42.7 Å². The van der Waals surface area contributed by atoms with E-state index in [1.54, 1.807) is 0 Å². The van der Waals surface area contributed by atoms with E-state index in [9.17, 15) is 5.11 Å². The Bertz CT molecular complexity index is 544. The summed E-state index contributed by atoms with van der Waals surface area (Å²) in [5.74, 6) is 6.31. The SMILES string of the molecule is O[C@H]1C[C@@H]([C@@H]2CO2)O[C@H]1CC#CCCCCOCc1ccccc1. The summed E-state index contributed by atoms with van der Waals surface area (Å²) in [6.07, 6.45) is 3.92. The molecule has 0 aliphatic carbocycles.